The number of non-ortho nitro benzene ring substituents is 1. The SMILES string of the molecule is O=C(COC(=O)c1cccc2ccccc12)NCCNc1ccc([N+](=O)[O-])cc1. The van der Waals surface area contributed by atoms with Crippen LogP contribution in [0.15, 0.2) is 66.7 Å². The van der Waals surface area contributed by atoms with Gasteiger partial charge in [-0.25, -0.2) is 4.79 Å². The molecule has 0 atom stereocenters. The van der Waals surface area contributed by atoms with E-state index in [-0.39, 0.29) is 12.3 Å². The van der Waals surface area contributed by atoms with E-state index < -0.39 is 16.8 Å². The minimum absolute atomic E-state index is 0.0110. The Balaban J connectivity index is 1.41. The smallest absolute Gasteiger partial charge is 0.339 e. The van der Waals surface area contributed by atoms with Crippen molar-refractivity contribution in [3.05, 3.63) is 82.4 Å². The first-order valence-electron chi connectivity index (χ1n) is 8.94. The van der Waals surface area contributed by atoms with E-state index in [1.165, 1.54) is 12.1 Å². The maximum atomic E-state index is 12.3. The maximum absolute atomic E-state index is 12.3. The number of esters is 1. The second-order valence-electron chi connectivity index (χ2n) is 6.18. The average molecular weight is 393 g/mol. The normalized spacial score (nSPS) is 10.3. The van der Waals surface area contributed by atoms with Gasteiger partial charge in [0.2, 0.25) is 0 Å². The summed E-state index contributed by atoms with van der Waals surface area (Å²) in [5, 5.41) is 18.0. The molecule has 3 aromatic rings. The summed E-state index contributed by atoms with van der Waals surface area (Å²) in [4.78, 5) is 34.3. The van der Waals surface area contributed by atoms with Gasteiger partial charge in [-0.15, -0.1) is 0 Å². The molecule has 0 saturated carbocycles. The maximum Gasteiger partial charge on any atom is 0.339 e. The zero-order valence-electron chi connectivity index (χ0n) is 15.5. The lowest BCUT2D eigenvalue weighted by Crippen LogP contribution is -2.32. The van der Waals surface area contributed by atoms with E-state index in [4.69, 9.17) is 4.74 Å². The lowest BCUT2D eigenvalue weighted by molar-refractivity contribution is -0.384. The highest BCUT2D eigenvalue weighted by atomic mass is 16.6. The van der Waals surface area contributed by atoms with Gasteiger partial charge in [0.25, 0.3) is 11.6 Å². The van der Waals surface area contributed by atoms with Gasteiger partial charge in [-0.2, -0.15) is 0 Å². The standard InChI is InChI=1S/C21H19N3O5/c25-20(23-13-12-22-16-8-10-17(11-9-16)24(27)28)14-29-21(26)19-7-3-5-15-4-1-2-6-18(15)19/h1-11,22H,12-14H2,(H,23,25). The summed E-state index contributed by atoms with van der Waals surface area (Å²) in [6, 6.07) is 18.8. The zero-order chi connectivity index (χ0) is 20.6. The van der Waals surface area contributed by atoms with Crippen LogP contribution >= 0.6 is 0 Å². The molecule has 0 saturated heterocycles. The van der Waals surface area contributed by atoms with E-state index in [2.05, 4.69) is 10.6 Å². The largest absolute Gasteiger partial charge is 0.452 e. The minimum atomic E-state index is -0.555. The van der Waals surface area contributed by atoms with Crippen LogP contribution in [0.1, 0.15) is 10.4 Å². The van der Waals surface area contributed by atoms with Crippen LogP contribution in [0, 0.1) is 10.1 Å². The van der Waals surface area contributed by atoms with Crippen molar-refractivity contribution in [2.24, 2.45) is 0 Å². The lowest BCUT2D eigenvalue weighted by Gasteiger charge is -2.09. The van der Waals surface area contributed by atoms with Gasteiger partial charge in [-0.1, -0.05) is 36.4 Å². The van der Waals surface area contributed by atoms with Crippen LogP contribution in [0.4, 0.5) is 11.4 Å². The van der Waals surface area contributed by atoms with E-state index in [1.54, 1.807) is 24.3 Å². The van der Waals surface area contributed by atoms with Crippen LogP contribution in [0.3, 0.4) is 0 Å². The Bertz CT molecular complexity index is 1030. The molecule has 148 valence electrons. The Hall–Kier alpha value is -3.94. The fourth-order valence-electron chi connectivity index (χ4n) is 2.77. The number of benzene rings is 3. The molecule has 0 unspecified atom stereocenters. The average Bonchev–Trinajstić information content (AvgIpc) is 2.75. The number of nitro benzene ring substituents is 1. The van der Waals surface area contributed by atoms with Crippen LogP contribution in [0.5, 0.6) is 0 Å². The molecule has 29 heavy (non-hydrogen) atoms. The third kappa shape index (κ3) is 5.29. The Labute approximate surface area is 166 Å². The Morgan fingerprint density at radius 1 is 0.931 bits per heavy atom. The highest BCUT2D eigenvalue weighted by molar-refractivity contribution is 6.04. The number of carbonyl (C=O) groups excluding carboxylic acids is 2. The predicted octanol–water partition coefficient (Wildman–Crippen LogP) is 3.13. The summed E-state index contributed by atoms with van der Waals surface area (Å²) in [6.07, 6.45) is 0. The molecule has 0 spiro atoms. The summed E-state index contributed by atoms with van der Waals surface area (Å²) < 4.78 is 5.11. The molecule has 0 aliphatic heterocycles. The van der Waals surface area contributed by atoms with Gasteiger partial charge in [-0.3, -0.25) is 14.9 Å². The molecule has 3 rings (SSSR count). The van der Waals surface area contributed by atoms with Gasteiger partial charge in [0.15, 0.2) is 6.61 Å². The molecule has 8 heteroatoms. The Morgan fingerprint density at radius 2 is 1.66 bits per heavy atom. The molecule has 0 aliphatic carbocycles. The van der Waals surface area contributed by atoms with Crippen molar-refractivity contribution in [2.45, 2.75) is 0 Å². The number of fused-ring (bicyclic) bond motifs is 1. The highest BCUT2D eigenvalue weighted by Crippen LogP contribution is 2.19. The first kappa shape index (κ1) is 19.8. The summed E-state index contributed by atoms with van der Waals surface area (Å²) in [7, 11) is 0. The van der Waals surface area contributed by atoms with E-state index >= 15 is 0 Å². The number of ether oxygens (including phenoxy) is 1. The molecule has 0 radical (unpaired) electrons. The first-order valence-corrected chi connectivity index (χ1v) is 8.94. The zero-order valence-corrected chi connectivity index (χ0v) is 15.5. The quantitative estimate of drug-likeness (QED) is 0.263. The van der Waals surface area contributed by atoms with E-state index in [9.17, 15) is 19.7 Å². The van der Waals surface area contributed by atoms with Crippen molar-refractivity contribution in [1.82, 2.24) is 5.32 Å². The van der Waals surface area contributed by atoms with E-state index in [0.717, 1.165) is 10.8 Å². The third-order valence-electron chi connectivity index (χ3n) is 4.20. The molecule has 8 nitrogen and oxygen atoms in total. The summed E-state index contributed by atoms with van der Waals surface area (Å²) in [5.74, 6) is -0.968. The number of carbonyl (C=O) groups is 2. The highest BCUT2D eigenvalue weighted by Gasteiger charge is 2.13. The fourth-order valence-corrected chi connectivity index (χ4v) is 2.77. The van der Waals surface area contributed by atoms with Gasteiger partial charge in [0.05, 0.1) is 10.5 Å². The van der Waals surface area contributed by atoms with Crippen LogP contribution in [-0.2, 0) is 9.53 Å². The Morgan fingerprint density at radius 3 is 2.41 bits per heavy atom. The summed E-state index contributed by atoms with van der Waals surface area (Å²) >= 11 is 0. The van der Waals surface area contributed by atoms with Gasteiger partial charge < -0.3 is 15.4 Å². The molecule has 0 fully saturated rings. The van der Waals surface area contributed by atoms with Crippen molar-refractivity contribution in [2.75, 3.05) is 25.0 Å². The molecular formula is C21H19N3O5. The monoisotopic (exact) mass is 393 g/mol. The number of anilines is 1. The molecule has 0 aliphatic rings. The number of nitrogens with zero attached hydrogens (tertiary/aromatic N) is 1. The lowest BCUT2D eigenvalue weighted by atomic mass is 10.1. The number of rotatable bonds is 8. The van der Waals surface area contributed by atoms with Crippen molar-refractivity contribution in [1.29, 1.82) is 0 Å². The van der Waals surface area contributed by atoms with Crippen LogP contribution in [0.2, 0.25) is 0 Å². The topological polar surface area (TPSA) is 111 Å². The molecular weight excluding hydrogens is 374 g/mol. The second kappa shape index (κ2) is 9.32. The summed E-state index contributed by atoms with van der Waals surface area (Å²) in [6.45, 7) is 0.349. The van der Waals surface area contributed by atoms with Gasteiger partial charge in [0, 0.05) is 30.9 Å². The minimum Gasteiger partial charge on any atom is -0.452 e. The second-order valence-corrected chi connectivity index (χ2v) is 6.18. The van der Waals surface area contributed by atoms with Crippen molar-refractivity contribution >= 4 is 34.0 Å². The molecule has 2 N–H and O–H groups in total. The molecule has 1 amide bonds. The van der Waals surface area contributed by atoms with Gasteiger partial charge in [-0.05, 0) is 29.0 Å². The number of hydrogen-bond acceptors (Lipinski definition) is 6. The van der Waals surface area contributed by atoms with Crippen molar-refractivity contribution in [3.8, 4) is 0 Å². The molecule has 3 aromatic carbocycles. The number of amides is 1. The third-order valence-corrected chi connectivity index (χ3v) is 4.20. The van der Waals surface area contributed by atoms with Gasteiger partial charge >= 0.3 is 5.97 Å². The number of nitro groups is 1. The molecule has 0 bridgehead atoms. The molecule has 0 heterocycles. The number of nitrogens with one attached hydrogen (secondary N) is 2. The summed E-state index contributed by atoms with van der Waals surface area (Å²) in [5.41, 5.74) is 1.12. The van der Waals surface area contributed by atoms with Crippen LogP contribution in [0.25, 0.3) is 10.8 Å². The van der Waals surface area contributed by atoms with Crippen LogP contribution < -0.4 is 10.6 Å². The van der Waals surface area contributed by atoms with Crippen LogP contribution in [-0.4, -0.2) is 36.5 Å². The van der Waals surface area contributed by atoms with E-state index in [1.807, 2.05) is 30.3 Å². The number of hydrogen-bond donors (Lipinski definition) is 2. The van der Waals surface area contributed by atoms with E-state index in [0.29, 0.717) is 24.3 Å². The van der Waals surface area contributed by atoms with Crippen molar-refractivity contribution < 1.29 is 19.2 Å². The predicted molar refractivity (Wildman–Crippen MR) is 109 cm³/mol. The van der Waals surface area contributed by atoms with Gasteiger partial charge in [0.1, 0.15) is 0 Å². The molecule has 0 aromatic heterocycles. The fraction of sp³-hybridized carbons (Fsp3) is 0.143. The Kier molecular flexibility index (Phi) is 6.36. The first-order chi connectivity index (χ1) is 14.0. The van der Waals surface area contributed by atoms with Crippen molar-refractivity contribution in [3.63, 3.8) is 0 Å².